The van der Waals surface area contributed by atoms with Crippen LogP contribution in [0, 0.1) is 0 Å². The number of halogens is 1. The molecule has 3 rings (SSSR count). The van der Waals surface area contributed by atoms with E-state index in [-0.39, 0.29) is 5.41 Å². The van der Waals surface area contributed by atoms with Gasteiger partial charge in [0, 0.05) is 17.5 Å². The molecule has 116 valence electrons. The topological polar surface area (TPSA) is 44.5 Å². The maximum absolute atomic E-state index is 6.48. The SMILES string of the molecule is CC(C)c1c(C2(CN)CCCC2)cc(Cl)c2c1OCCO2. The third-order valence-corrected chi connectivity index (χ3v) is 5.19. The molecule has 3 nitrogen and oxygen atoms in total. The minimum absolute atomic E-state index is 0.0546. The lowest BCUT2D eigenvalue weighted by atomic mass is 9.74. The lowest BCUT2D eigenvalue weighted by molar-refractivity contribution is 0.169. The molecule has 0 bridgehead atoms. The molecule has 0 spiro atoms. The molecule has 0 saturated heterocycles. The Kier molecular flexibility index (Phi) is 4.06. The maximum atomic E-state index is 6.48. The lowest BCUT2D eigenvalue weighted by Gasteiger charge is -2.34. The zero-order valence-electron chi connectivity index (χ0n) is 12.9. The van der Waals surface area contributed by atoms with Gasteiger partial charge >= 0.3 is 0 Å². The van der Waals surface area contributed by atoms with E-state index >= 15 is 0 Å². The van der Waals surface area contributed by atoms with Crippen LogP contribution in [0.1, 0.15) is 56.6 Å². The fraction of sp³-hybridized carbons (Fsp3) is 0.647. The van der Waals surface area contributed by atoms with Crippen LogP contribution in [0.3, 0.4) is 0 Å². The molecule has 2 N–H and O–H groups in total. The molecule has 1 aliphatic heterocycles. The summed E-state index contributed by atoms with van der Waals surface area (Å²) in [5.41, 5.74) is 8.76. The van der Waals surface area contributed by atoms with Gasteiger partial charge in [0.25, 0.3) is 0 Å². The van der Waals surface area contributed by atoms with Gasteiger partial charge in [-0.3, -0.25) is 0 Å². The van der Waals surface area contributed by atoms with E-state index in [9.17, 15) is 0 Å². The van der Waals surface area contributed by atoms with Crippen LogP contribution in [0.2, 0.25) is 5.02 Å². The molecule has 1 aromatic rings. The van der Waals surface area contributed by atoms with Gasteiger partial charge < -0.3 is 15.2 Å². The molecule has 4 heteroatoms. The second-order valence-electron chi connectivity index (χ2n) is 6.52. The van der Waals surface area contributed by atoms with Crippen LogP contribution < -0.4 is 15.2 Å². The molecular formula is C17H24ClNO2. The molecule has 1 aliphatic carbocycles. The largest absolute Gasteiger partial charge is 0.486 e. The highest BCUT2D eigenvalue weighted by atomic mass is 35.5. The van der Waals surface area contributed by atoms with Crippen LogP contribution in [0.4, 0.5) is 0 Å². The van der Waals surface area contributed by atoms with Gasteiger partial charge in [-0.1, -0.05) is 38.3 Å². The van der Waals surface area contributed by atoms with Gasteiger partial charge in [-0.25, -0.2) is 0 Å². The van der Waals surface area contributed by atoms with E-state index in [0.29, 0.717) is 36.4 Å². The monoisotopic (exact) mass is 309 g/mol. The van der Waals surface area contributed by atoms with E-state index < -0.39 is 0 Å². The first-order valence-corrected chi connectivity index (χ1v) is 8.29. The van der Waals surface area contributed by atoms with Gasteiger partial charge in [0.15, 0.2) is 11.5 Å². The Bertz CT molecular complexity index is 536. The van der Waals surface area contributed by atoms with Gasteiger partial charge in [-0.15, -0.1) is 0 Å². The zero-order valence-corrected chi connectivity index (χ0v) is 13.6. The summed E-state index contributed by atoms with van der Waals surface area (Å²) in [6.07, 6.45) is 4.75. The van der Waals surface area contributed by atoms with Gasteiger partial charge in [0.05, 0.1) is 5.02 Å². The van der Waals surface area contributed by atoms with Crippen molar-refractivity contribution in [3.05, 3.63) is 22.2 Å². The van der Waals surface area contributed by atoms with Crippen LogP contribution in [0.15, 0.2) is 6.07 Å². The molecule has 0 unspecified atom stereocenters. The predicted octanol–water partition coefficient (Wildman–Crippen LogP) is 4.01. The Morgan fingerprint density at radius 1 is 1.19 bits per heavy atom. The van der Waals surface area contributed by atoms with Gasteiger partial charge in [0.1, 0.15) is 13.2 Å². The Labute approximate surface area is 131 Å². The van der Waals surface area contributed by atoms with Crippen molar-refractivity contribution in [3.8, 4) is 11.5 Å². The van der Waals surface area contributed by atoms with E-state index in [1.54, 1.807) is 0 Å². The van der Waals surface area contributed by atoms with Crippen LogP contribution in [0.5, 0.6) is 11.5 Å². The van der Waals surface area contributed by atoms with Crippen LogP contribution >= 0.6 is 11.6 Å². The highest BCUT2D eigenvalue weighted by Gasteiger charge is 2.39. The Morgan fingerprint density at radius 3 is 2.38 bits per heavy atom. The molecule has 0 radical (unpaired) electrons. The van der Waals surface area contributed by atoms with E-state index in [1.807, 2.05) is 0 Å². The number of nitrogens with two attached hydrogens (primary N) is 1. The molecular weight excluding hydrogens is 286 g/mol. The molecule has 21 heavy (non-hydrogen) atoms. The molecule has 2 aliphatic rings. The fourth-order valence-corrected chi connectivity index (χ4v) is 4.08. The average molecular weight is 310 g/mol. The number of hydrogen-bond acceptors (Lipinski definition) is 3. The van der Waals surface area contributed by atoms with Crippen molar-refractivity contribution < 1.29 is 9.47 Å². The molecule has 0 amide bonds. The quantitative estimate of drug-likeness (QED) is 0.917. The Balaban J connectivity index is 2.22. The molecule has 0 aromatic heterocycles. The highest BCUT2D eigenvalue weighted by molar-refractivity contribution is 6.32. The summed E-state index contributed by atoms with van der Waals surface area (Å²) < 4.78 is 11.7. The maximum Gasteiger partial charge on any atom is 0.180 e. The number of ether oxygens (including phenoxy) is 2. The Morgan fingerprint density at radius 2 is 1.81 bits per heavy atom. The zero-order chi connectivity index (χ0) is 15.0. The second kappa shape index (κ2) is 5.69. The average Bonchev–Trinajstić information content (AvgIpc) is 2.97. The van der Waals surface area contributed by atoms with Gasteiger partial charge in [-0.2, -0.15) is 0 Å². The summed E-state index contributed by atoms with van der Waals surface area (Å²) in [5.74, 6) is 1.91. The summed E-state index contributed by atoms with van der Waals surface area (Å²) >= 11 is 6.48. The van der Waals surface area contributed by atoms with Crippen molar-refractivity contribution in [2.24, 2.45) is 5.73 Å². The van der Waals surface area contributed by atoms with Gasteiger partial charge in [0.2, 0.25) is 0 Å². The molecule has 0 atom stereocenters. The van der Waals surface area contributed by atoms with Crippen LogP contribution in [-0.4, -0.2) is 19.8 Å². The molecule has 1 saturated carbocycles. The number of benzene rings is 1. The molecule has 1 heterocycles. The number of fused-ring (bicyclic) bond motifs is 1. The minimum atomic E-state index is 0.0546. The van der Waals surface area contributed by atoms with Gasteiger partial charge in [-0.05, 0) is 30.4 Å². The normalized spacial score (nSPS) is 20.0. The third-order valence-electron chi connectivity index (χ3n) is 4.91. The van der Waals surface area contributed by atoms with E-state index in [1.165, 1.54) is 24.0 Å². The number of rotatable bonds is 3. The van der Waals surface area contributed by atoms with E-state index in [0.717, 1.165) is 18.6 Å². The standard InChI is InChI=1S/C17H24ClNO2/c1-11(2)14-12(17(10-19)5-3-4-6-17)9-13(18)15-16(14)21-8-7-20-15/h9,11H,3-8,10,19H2,1-2H3. The summed E-state index contributed by atoms with van der Waals surface area (Å²) in [5, 5.41) is 0.656. The molecule has 1 fully saturated rings. The summed E-state index contributed by atoms with van der Waals surface area (Å²) in [7, 11) is 0. The third kappa shape index (κ3) is 2.40. The first-order valence-electron chi connectivity index (χ1n) is 7.91. The van der Waals surface area contributed by atoms with Crippen molar-refractivity contribution in [1.29, 1.82) is 0 Å². The summed E-state index contributed by atoms with van der Waals surface area (Å²) in [4.78, 5) is 0. The lowest BCUT2D eigenvalue weighted by Crippen LogP contribution is -2.34. The van der Waals surface area contributed by atoms with Crippen molar-refractivity contribution in [2.45, 2.75) is 50.9 Å². The number of hydrogen-bond donors (Lipinski definition) is 1. The van der Waals surface area contributed by atoms with Crippen molar-refractivity contribution in [2.75, 3.05) is 19.8 Å². The predicted molar refractivity (Wildman–Crippen MR) is 85.7 cm³/mol. The van der Waals surface area contributed by atoms with Crippen LogP contribution in [-0.2, 0) is 5.41 Å². The molecule has 1 aromatic carbocycles. The fourth-order valence-electron chi connectivity index (χ4n) is 3.84. The highest BCUT2D eigenvalue weighted by Crippen LogP contribution is 2.51. The summed E-state index contributed by atoms with van der Waals surface area (Å²) in [6, 6.07) is 2.09. The minimum Gasteiger partial charge on any atom is -0.486 e. The second-order valence-corrected chi connectivity index (χ2v) is 6.93. The first kappa shape index (κ1) is 15.0. The first-order chi connectivity index (χ1) is 10.1. The smallest absolute Gasteiger partial charge is 0.180 e. The van der Waals surface area contributed by atoms with E-state index in [4.69, 9.17) is 26.8 Å². The van der Waals surface area contributed by atoms with E-state index in [2.05, 4.69) is 19.9 Å². The Hall–Kier alpha value is -0.930. The van der Waals surface area contributed by atoms with Crippen LogP contribution in [0.25, 0.3) is 0 Å². The van der Waals surface area contributed by atoms with Crippen molar-refractivity contribution >= 4 is 11.6 Å². The summed E-state index contributed by atoms with van der Waals surface area (Å²) in [6.45, 7) is 6.21. The van der Waals surface area contributed by atoms with Crippen molar-refractivity contribution in [1.82, 2.24) is 0 Å². The van der Waals surface area contributed by atoms with Crippen molar-refractivity contribution in [3.63, 3.8) is 0 Å².